The lowest BCUT2D eigenvalue weighted by Gasteiger charge is -2.13. The average molecular weight is 331 g/mol. The molecular weight excluding hydrogens is 319 g/mol. The summed E-state index contributed by atoms with van der Waals surface area (Å²) in [7, 11) is 0. The van der Waals surface area contributed by atoms with E-state index in [1.165, 1.54) is 0 Å². The first-order valence-corrected chi connectivity index (χ1v) is 7.69. The average Bonchev–Trinajstić information content (AvgIpc) is 3.13. The largest absolute Gasteiger partial charge is 0.337 e. The number of para-hydroxylation sites is 2. The topological polar surface area (TPSA) is 53.1 Å². The molecular formula is C16H12Cl2N4. The highest BCUT2D eigenvalue weighted by Crippen LogP contribution is 2.34. The number of rotatable bonds is 2. The van der Waals surface area contributed by atoms with Crippen LogP contribution in [0.15, 0.2) is 47.6 Å². The number of hydrazone groups is 1. The van der Waals surface area contributed by atoms with Crippen molar-refractivity contribution in [3.05, 3.63) is 63.9 Å². The van der Waals surface area contributed by atoms with Crippen molar-refractivity contribution < 1.29 is 0 Å². The van der Waals surface area contributed by atoms with Gasteiger partial charge < -0.3 is 10.4 Å². The van der Waals surface area contributed by atoms with E-state index in [2.05, 4.69) is 20.5 Å². The molecule has 1 atom stereocenters. The van der Waals surface area contributed by atoms with Crippen LogP contribution in [0.2, 0.25) is 10.0 Å². The quantitative estimate of drug-likeness (QED) is 0.735. The van der Waals surface area contributed by atoms with Crippen LogP contribution in [0.25, 0.3) is 11.0 Å². The van der Waals surface area contributed by atoms with Gasteiger partial charge in [-0.05, 0) is 24.3 Å². The molecule has 0 aliphatic carbocycles. The maximum Gasteiger partial charge on any atom is 0.154 e. The molecule has 0 spiro atoms. The molecule has 2 heterocycles. The van der Waals surface area contributed by atoms with Crippen LogP contribution in [0.5, 0.6) is 0 Å². The van der Waals surface area contributed by atoms with Crippen molar-refractivity contribution in [3.63, 3.8) is 0 Å². The Kier molecular flexibility index (Phi) is 3.28. The molecule has 1 aromatic heterocycles. The van der Waals surface area contributed by atoms with Crippen LogP contribution in [0.3, 0.4) is 0 Å². The lowest BCUT2D eigenvalue weighted by Crippen LogP contribution is -2.11. The lowest BCUT2D eigenvalue weighted by atomic mass is 10.0. The van der Waals surface area contributed by atoms with Crippen LogP contribution < -0.4 is 5.43 Å². The van der Waals surface area contributed by atoms with Crippen LogP contribution in [-0.4, -0.2) is 15.7 Å². The minimum absolute atomic E-state index is 0.0376. The second kappa shape index (κ2) is 5.30. The van der Waals surface area contributed by atoms with E-state index in [-0.39, 0.29) is 6.04 Å². The van der Waals surface area contributed by atoms with E-state index < -0.39 is 0 Å². The zero-order valence-corrected chi connectivity index (χ0v) is 13.0. The van der Waals surface area contributed by atoms with Gasteiger partial charge in [0.05, 0.1) is 17.1 Å². The number of aromatic amines is 1. The molecule has 4 rings (SSSR count). The highest BCUT2D eigenvalue weighted by atomic mass is 35.5. The molecule has 0 fully saturated rings. The summed E-state index contributed by atoms with van der Waals surface area (Å²) in [6, 6.07) is 13.4. The van der Waals surface area contributed by atoms with Crippen LogP contribution in [0, 0.1) is 0 Å². The standard InChI is InChI=1S/C16H12Cl2N4/c17-9-4-3-5-10(18)15(9)13-8-14(22-21-13)16-19-11-6-1-2-7-12(11)20-16/h1-7,13,21H,8H2,(H,19,20). The Morgan fingerprint density at radius 3 is 2.55 bits per heavy atom. The molecule has 2 aromatic carbocycles. The lowest BCUT2D eigenvalue weighted by molar-refractivity contribution is 0.620. The highest BCUT2D eigenvalue weighted by Gasteiger charge is 2.26. The number of halogens is 2. The molecule has 1 aliphatic rings. The molecule has 0 bridgehead atoms. The van der Waals surface area contributed by atoms with Crippen LogP contribution in [-0.2, 0) is 0 Å². The van der Waals surface area contributed by atoms with Crippen molar-refractivity contribution in [2.75, 3.05) is 0 Å². The second-order valence-corrected chi connectivity index (χ2v) is 6.00. The second-order valence-electron chi connectivity index (χ2n) is 5.18. The van der Waals surface area contributed by atoms with Gasteiger partial charge in [-0.25, -0.2) is 4.98 Å². The first-order valence-electron chi connectivity index (χ1n) is 6.93. The summed E-state index contributed by atoms with van der Waals surface area (Å²) in [5, 5.41) is 5.69. The number of hydrogen-bond acceptors (Lipinski definition) is 3. The number of H-pyrrole nitrogens is 1. The number of benzene rings is 2. The Hall–Kier alpha value is -2.04. The van der Waals surface area contributed by atoms with Gasteiger partial charge in [-0.15, -0.1) is 0 Å². The summed E-state index contributed by atoms with van der Waals surface area (Å²) in [6.45, 7) is 0. The zero-order valence-electron chi connectivity index (χ0n) is 11.5. The number of nitrogens with one attached hydrogen (secondary N) is 2. The van der Waals surface area contributed by atoms with Crippen LogP contribution in [0.1, 0.15) is 23.9 Å². The molecule has 4 nitrogen and oxygen atoms in total. The maximum atomic E-state index is 6.27. The molecule has 2 N–H and O–H groups in total. The van der Waals surface area contributed by atoms with Gasteiger partial charge in [0.25, 0.3) is 0 Å². The van der Waals surface area contributed by atoms with Crippen molar-refractivity contribution in [2.24, 2.45) is 5.10 Å². The van der Waals surface area contributed by atoms with E-state index in [0.717, 1.165) is 28.1 Å². The molecule has 1 aliphatic heterocycles. The number of imidazole rings is 1. The number of aromatic nitrogens is 2. The third kappa shape index (κ3) is 2.25. The minimum Gasteiger partial charge on any atom is -0.337 e. The fourth-order valence-electron chi connectivity index (χ4n) is 2.69. The summed E-state index contributed by atoms with van der Waals surface area (Å²) < 4.78 is 0. The van der Waals surface area contributed by atoms with Gasteiger partial charge in [0.1, 0.15) is 5.71 Å². The molecule has 0 saturated heterocycles. The van der Waals surface area contributed by atoms with Gasteiger partial charge in [-0.1, -0.05) is 41.4 Å². The Labute approximate surface area is 137 Å². The SMILES string of the molecule is Clc1cccc(Cl)c1C1CC(c2nc3ccccc3[nH]2)=NN1. The Balaban J connectivity index is 1.64. The maximum absolute atomic E-state index is 6.27. The third-order valence-corrected chi connectivity index (χ3v) is 4.42. The zero-order chi connectivity index (χ0) is 15.1. The Bertz CT molecular complexity index is 831. The van der Waals surface area contributed by atoms with E-state index in [0.29, 0.717) is 16.5 Å². The van der Waals surface area contributed by atoms with Crippen LogP contribution >= 0.6 is 23.2 Å². The summed E-state index contributed by atoms with van der Waals surface area (Å²) in [4.78, 5) is 7.87. The third-order valence-electron chi connectivity index (χ3n) is 3.76. The number of fused-ring (bicyclic) bond motifs is 1. The van der Waals surface area contributed by atoms with Gasteiger partial charge in [0.15, 0.2) is 5.82 Å². The molecule has 0 amide bonds. The monoisotopic (exact) mass is 330 g/mol. The van der Waals surface area contributed by atoms with E-state index in [1.54, 1.807) is 0 Å². The van der Waals surface area contributed by atoms with Gasteiger partial charge in [0, 0.05) is 22.0 Å². The molecule has 0 radical (unpaired) electrons. The van der Waals surface area contributed by atoms with Gasteiger partial charge in [-0.2, -0.15) is 5.10 Å². The van der Waals surface area contributed by atoms with Gasteiger partial charge >= 0.3 is 0 Å². The summed E-state index contributed by atoms with van der Waals surface area (Å²) in [5.74, 6) is 0.777. The highest BCUT2D eigenvalue weighted by molar-refractivity contribution is 6.36. The van der Waals surface area contributed by atoms with Gasteiger partial charge in [-0.3, -0.25) is 0 Å². The molecule has 0 saturated carbocycles. The number of hydrogen-bond donors (Lipinski definition) is 2. The van der Waals surface area contributed by atoms with Crippen molar-refractivity contribution in [1.29, 1.82) is 0 Å². The molecule has 3 aromatic rings. The van der Waals surface area contributed by atoms with E-state index in [9.17, 15) is 0 Å². The normalized spacial score (nSPS) is 17.5. The predicted octanol–water partition coefficient (Wildman–Crippen LogP) is 4.31. The van der Waals surface area contributed by atoms with E-state index in [1.807, 2.05) is 42.5 Å². The fourth-order valence-corrected chi connectivity index (χ4v) is 3.35. The number of nitrogens with zero attached hydrogens (tertiary/aromatic N) is 2. The van der Waals surface area contributed by atoms with Gasteiger partial charge in [0.2, 0.25) is 0 Å². The van der Waals surface area contributed by atoms with Crippen molar-refractivity contribution in [1.82, 2.24) is 15.4 Å². The van der Waals surface area contributed by atoms with Crippen molar-refractivity contribution in [2.45, 2.75) is 12.5 Å². The molecule has 6 heteroatoms. The first kappa shape index (κ1) is 13.6. The van der Waals surface area contributed by atoms with E-state index >= 15 is 0 Å². The smallest absolute Gasteiger partial charge is 0.154 e. The fraction of sp³-hybridized carbons (Fsp3) is 0.125. The predicted molar refractivity (Wildman–Crippen MR) is 89.6 cm³/mol. The molecule has 22 heavy (non-hydrogen) atoms. The molecule has 110 valence electrons. The minimum atomic E-state index is -0.0376. The Morgan fingerprint density at radius 2 is 1.77 bits per heavy atom. The van der Waals surface area contributed by atoms with E-state index in [4.69, 9.17) is 23.2 Å². The van der Waals surface area contributed by atoms with Crippen LogP contribution in [0.4, 0.5) is 0 Å². The summed E-state index contributed by atoms with van der Waals surface area (Å²) >= 11 is 12.5. The molecule has 1 unspecified atom stereocenters. The first-order chi connectivity index (χ1) is 10.7. The Morgan fingerprint density at radius 1 is 1.00 bits per heavy atom. The van der Waals surface area contributed by atoms with Crippen molar-refractivity contribution in [3.8, 4) is 0 Å². The summed E-state index contributed by atoms with van der Waals surface area (Å²) in [6.07, 6.45) is 0.684. The van der Waals surface area contributed by atoms with Crippen molar-refractivity contribution >= 4 is 39.9 Å². The summed E-state index contributed by atoms with van der Waals surface area (Å²) in [5.41, 5.74) is 6.78.